The summed E-state index contributed by atoms with van der Waals surface area (Å²) >= 11 is 8.85. The highest BCUT2D eigenvalue weighted by atomic mass is 32.1. The fourth-order valence-electron chi connectivity index (χ4n) is 1.31. The maximum Gasteiger partial charge on any atom is 0.145 e. The number of hydrogen-bond donors (Lipinski definition) is 2. The largest absolute Gasteiger partial charge is 0.304 e. The van der Waals surface area contributed by atoms with Gasteiger partial charge in [0.2, 0.25) is 0 Å². The molecule has 1 saturated heterocycles. The van der Waals surface area contributed by atoms with Gasteiger partial charge in [-0.05, 0) is 6.54 Å². The highest BCUT2D eigenvalue weighted by Gasteiger charge is 2.14. The van der Waals surface area contributed by atoms with Crippen LogP contribution in [0, 0.1) is 0 Å². The molecule has 0 amide bonds. The first-order chi connectivity index (χ1) is 5.72. The number of nitrogens with zero attached hydrogens (tertiary/aromatic N) is 2. The topological polar surface area (TPSA) is 18.5 Å². The minimum atomic E-state index is 0.556. The van der Waals surface area contributed by atoms with Crippen molar-refractivity contribution in [2.24, 2.45) is 0 Å². The maximum absolute atomic E-state index is 4.83. The van der Waals surface area contributed by atoms with Crippen LogP contribution in [-0.4, -0.2) is 47.0 Å². The molecule has 0 aromatic carbocycles. The predicted molar refractivity (Wildman–Crippen MR) is 58.4 cm³/mol. The molecule has 0 atom stereocenters. The van der Waals surface area contributed by atoms with E-state index in [1.54, 1.807) is 0 Å². The summed E-state index contributed by atoms with van der Waals surface area (Å²) in [6, 6.07) is 0. The van der Waals surface area contributed by atoms with Crippen LogP contribution in [0.25, 0.3) is 0 Å². The molecule has 3 nitrogen and oxygen atoms in total. The zero-order valence-corrected chi connectivity index (χ0v) is 9.00. The zero-order chi connectivity index (χ0) is 8.97. The third kappa shape index (κ3) is 3.26. The summed E-state index contributed by atoms with van der Waals surface area (Å²) in [6.07, 6.45) is 0. The molecule has 1 rings (SSSR count). The Balaban J connectivity index is 2.21. The zero-order valence-electron chi connectivity index (χ0n) is 7.29. The molecule has 70 valence electrons. The van der Waals surface area contributed by atoms with E-state index in [1.807, 2.05) is 0 Å². The third-order valence-electron chi connectivity index (χ3n) is 2.07. The van der Waals surface area contributed by atoms with E-state index in [1.165, 1.54) is 0 Å². The van der Waals surface area contributed by atoms with E-state index in [9.17, 15) is 0 Å². The molecule has 0 aromatic rings. The van der Waals surface area contributed by atoms with E-state index >= 15 is 0 Å². The van der Waals surface area contributed by atoms with Crippen LogP contribution in [0.4, 0.5) is 0 Å². The molecule has 0 bridgehead atoms. The average Bonchev–Trinajstić information content (AvgIpc) is 2.05. The van der Waals surface area contributed by atoms with Crippen LogP contribution in [0.15, 0.2) is 0 Å². The van der Waals surface area contributed by atoms with E-state index in [0.717, 1.165) is 32.7 Å². The number of rotatable bonds is 2. The molecular formula is C7H15N3S2. The first-order valence-corrected chi connectivity index (χ1v) is 5.05. The van der Waals surface area contributed by atoms with Gasteiger partial charge >= 0.3 is 0 Å². The predicted octanol–water partition coefficient (Wildman–Crippen LogP) is 0.343. The average molecular weight is 205 g/mol. The van der Waals surface area contributed by atoms with Crippen molar-refractivity contribution >= 4 is 29.2 Å². The van der Waals surface area contributed by atoms with Crippen molar-refractivity contribution in [2.45, 2.75) is 6.92 Å². The van der Waals surface area contributed by atoms with E-state index in [0.29, 0.717) is 4.32 Å². The third-order valence-corrected chi connectivity index (χ3v) is 2.26. The molecule has 0 aromatic heterocycles. The fourth-order valence-corrected chi connectivity index (χ4v) is 1.58. The minimum absolute atomic E-state index is 0.556. The molecule has 0 unspecified atom stereocenters. The summed E-state index contributed by atoms with van der Waals surface area (Å²) in [7, 11) is 0. The molecule has 5 heteroatoms. The molecule has 0 spiro atoms. The summed E-state index contributed by atoms with van der Waals surface area (Å²) in [4.78, 5) is 2.42. The summed E-state index contributed by atoms with van der Waals surface area (Å²) in [6.45, 7) is 7.59. The van der Waals surface area contributed by atoms with Gasteiger partial charge in [0, 0.05) is 26.2 Å². The summed E-state index contributed by atoms with van der Waals surface area (Å²) < 4.78 is 0.556. The van der Waals surface area contributed by atoms with Crippen LogP contribution in [0.5, 0.6) is 0 Å². The van der Waals surface area contributed by atoms with Crippen molar-refractivity contribution in [3.8, 4) is 0 Å². The van der Waals surface area contributed by atoms with Gasteiger partial charge in [-0.3, -0.25) is 0 Å². The first-order valence-electron chi connectivity index (χ1n) is 4.19. The summed E-state index contributed by atoms with van der Waals surface area (Å²) in [5.74, 6) is 0. The Morgan fingerprint density at radius 1 is 1.42 bits per heavy atom. The van der Waals surface area contributed by atoms with E-state index in [2.05, 4.69) is 34.9 Å². The van der Waals surface area contributed by atoms with Gasteiger partial charge in [0.05, 0.1) is 0 Å². The van der Waals surface area contributed by atoms with E-state index < -0.39 is 0 Å². The molecular weight excluding hydrogens is 190 g/mol. The normalized spacial score (nSPS) is 20.8. The highest BCUT2D eigenvalue weighted by Crippen LogP contribution is 1.98. The summed E-state index contributed by atoms with van der Waals surface area (Å²) in [5.41, 5.74) is 3.03. The second-order valence-electron chi connectivity index (χ2n) is 2.84. The van der Waals surface area contributed by atoms with Gasteiger partial charge in [-0.25, -0.2) is 5.01 Å². The summed E-state index contributed by atoms with van der Waals surface area (Å²) in [5, 5.41) is 2.11. The quantitative estimate of drug-likeness (QED) is 0.500. The first kappa shape index (κ1) is 10.2. The van der Waals surface area contributed by atoms with Crippen LogP contribution >= 0.6 is 24.8 Å². The highest BCUT2D eigenvalue weighted by molar-refractivity contribution is 8.11. The van der Waals surface area contributed by atoms with Crippen LogP contribution < -0.4 is 5.43 Å². The van der Waals surface area contributed by atoms with Gasteiger partial charge in [-0.2, -0.15) is 0 Å². The molecule has 1 fully saturated rings. The van der Waals surface area contributed by atoms with Gasteiger partial charge in [0.15, 0.2) is 0 Å². The van der Waals surface area contributed by atoms with E-state index in [4.69, 9.17) is 12.2 Å². The van der Waals surface area contributed by atoms with Gasteiger partial charge < -0.3 is 10.3 Å². The van der Waals surface area contributed by atoms with Crippen molar-refractivity contribution < 1.29 is 0 Å². The second-order valence-corrected chi connectivity index (χ2v) is 4.00. The Labute approximate surface area is 84.5 Å². The molecule has 1 heterocycles. The minimum Gasteiger partial charge on any atom is -0.304 e. The Kier molecular flexibility index (Phi) is 4.28. The Bertz CT molecular complexity index is 155. The molecule has 1 N–H and O–H groups in total. The lowest BCUT2D eigenvalue weighted by Gasteiger charge is -2.33. The number of likely N-dealkylation sites (N-methyl/N-ethyl adjacent to an activating group) is 1. The van der Waals surface area contributed by atoms with Crippen molar-refractivity contribution in [1.29, 1.82) is 0 Å². The van der Waals surface area contributed by atoms with Crippen LogP contribution in [0.3, 0.4) is 0 Å². The number of hydrazine groups is 1. The van der Waals surface area contributed by atoms with Crippen LogP contribution in [-0.2, 0) is 0 Å². The SMILES string of the molecule is CCN1CCN(NC(=S)S)CC1. The molecule has 1 aliphatic rings. The number of hydrogen-bond acceptors (Lipinski definition) is 3. The Hall–Kier alpha value is 0.160. The smallest absolute Gasteiger partial charge is 0.145 e. The van der Waals surface area contributed by atoms with Gasteiger partial charge in [0.1, 0.15) is 4.32 Å². The van der Waals surface area contributed by atoms with Gasteiger partial charge in [-0.15, -0.1) is 12.6 Å². The van der Waals surface area contributed by atoms with Crippen molar-refractivity contribution in [1.82, 2.24) is 15.3 Å². The Morgan fingerprint density at radius 2 is 2.00 bits per heavy atom. The lowest BCUT2D eigenvalue weighted by Crippen LogP contribution is -2.52. The van der Waals surface area contributed by atoms with Crippen LogP contribution in [0.2, 0.25) is 0 Å². The molecule has 12 heavy (non-hydrogen) atoms. The molecule has 0 aliphatic carbocycles. The number of nitrogens with one attached hydrogen (secondary N) is 1. The number of piperazine rings is 1. The lowest BCUT2D eigenvalue weighted by atomic mass is 10.3. The van der Waals surface area contributed by atoms with Crippen molar-refractivity contribution in [2.75, 3.05) is 32.7 Å². The monoisotopic (exact) mass is 205 g/mol. The van der Waals surface area contributed by atoms with Crippen molar-refractivity contribution in [3.63, 3.8) is 0 Å². The van der Waals surface area contributed by atoms with Gasteiger partial charge in [0.25, 0.3) is 0 Å². The molecule has 0 radical (unpaired) electrons. The lowest BCUT2D eigenvalue weighted by molar-refractivity contribution is 0.118. The number of thiocarbonyl (C=S) groups is 1. The van der Waals surface area contributed by atoms with Crippen LogP contribution in [0.1, 0.15) is 6.92 Å². The fraction of sp³-hybridized carbons (Fsp3) is 0.857. The standard InChI is InChI=1S/C7H15N3S2/c1-2-9-3-5-10(6-4-9)8-7(11)12/h2-6H2,1H3,(H2,8,11,12). The number of thiol groups is 1. The van der Waals surface area contributed by atoms with Gasteiger partial charge in [-0.1, -0.05) is 19.1 Å². The second kappa shape index (κ2) is 5.01. The molecule has 1 aliphatic heterocycles. The Morgan fingerprint density at radius 3 is 2.42 bits per heavy atom. The maximum atomic E-state index is 4.83. The van der Waals surface area contributed by atoms with E-state index in [-0.39, 0.29) is 0 Å². The molecule has 0 saturated carbocycles. The van der Waals surface area contributed by atoms with Crippen molar-refractivity contribution in [3.05, 3.63) is 0 Å².